The summed E-state index contributed by atoms with van der Waals surface area (Å²) in [7, 11) is 3.21. The predicted molar refractivity (Wildman–Crippen MR) is 96.8 cm³/mol. The molecule has 136 valence electrons. The molecule has 0 saturated carbocycles. The highest BCUT2D eigenvalue weighted by molar-refractivity contribution is 7.18. The van der Waals surface area contributed by atoms with Crippen LogP contribution in [0.4, 0.5) is 5.00 Å². The Kier molecular flexibility index (Phi) is 7.86. The molecule has 7 heteroatoms. The number of carbonyl (C=O) groups is 2. The van der Waals surface area contributed by atoms with Gasteiger partial charge in [0, 0.05) is 32.7 Å². The van der Waals surface area contributed by atoms with E-state index in [-0.39, 0.29) is 11.8 Å². The predicted octanol–water partition coefficient (Wildman–Crippen LogP) is 2.78. The van der Waals surface area contributed by atoms with Crippen molar-refractivity contribution in [3.05, 3.63) is 16.5 Å². The van der Waals surface area contributed by atoms with E-state index < -0.39 is 5.41 Å². The molecule has 0 unspecified atom stereocenters. The highest BCUT2D eigenvalue weighted by Gasteiger charge is 2.24. The second-order valence-corrected chi connectivity index (χ2v) is 7.66. The zero-order valence-corrected chi connectivity index (χ0v) is 16.2. The summed E-state index contributed by atoms with van der Waals surface area (Å²) in [6.07, 6.45) is 0. The van der Waals surface area contributed by atoms with Gasteiger partial charge in [0.2, 0.25) is 5.91 Å². The molecule has 0 aliphatic heterocycles. The molecule has 1 heterocycles. The van der Waals surface area contributed by atoms with Crippen molar-refractivity contribution in [2.24, 2.45) is 5.41 Å². The first kappa shape index (κ1) is 20.6. The Morgan fingerprint density at radius 3 is 2.17 bits per heavy atom. The van der Waals surface area contributed by atoms with Crippen LogP contribution in [-0.4, -0.2) is 57.2 Å². The SMILES string of the molecule is COCCN(CCOC)C(=O)c1sc(NC(=O)C(C)(C)C)cc1C. The summed E-state index contributed by atoms with van der Waals surface area (Å²) in [6, 6.07) is 1.84. The third kappa shape index (κ3) is 5.89. The van der Waals surface area contributed by atoms with E-state index in [4.69, 9.17) is 9.47 Å². The van der Waals surface area contributed by atoms with Crippen molar-refractivity contribution in [3.8, 4) is 0 Å². The van der Waals surface area contributed by atoms with Crippen molar-refractivity contribution in [1.82, 2.24) is 4.90 Å². The first-order chi connectivity index (χ1) is 11.2. The second-order valence-electron chi connectivity index (χ2n) is 6.60. The fourth-order valence-electron chi connectivity index (χ4n) is 1.92. The molecule has 0 saturated heterocycles. The van der Waals surface area contributed by atoms with Crippen molar-refractivity contribution >= 4 is 28.2 Å². The summed E-state index contributed by atoms with van der Waals surface area (Å²) in [5.41, 5.74) is 0.374. The fourth-order valence-corrected chi connectivity index (χ4v) is 2.95. The van der Waals surface area contributed by atoms with Crippen molar-refractivity contribution < 1.29 is 19.1 Å². The number of amides is 2. The lowest BCUT2D eigenvalue weighted by Crippen LogP contribution is -2.36. The van der Waals surface area contributed by atoms with Crippen LogP contribution in [0.3, 0.4) is 0 Å². The van der Waals surface area contributed by atoms with Crippen LogP contribution >= 0.6 is 11.3 Å². The number of rotatable bonds is 8. The monoisotopic (exact) mass is 356 g/mol. The number of carbonyl (C=O) groups excluding carboxylic acids is 2. The highest BCUT2D eigenvalue weighted by Crippen LogP contribution is 2.29. The quantitative estimate of drug-likeness (QED) is 0.778. The van der Waals surface area contributed by atoms with Crippen LogP contribution in [-0.2, 0) is 14.3 Å². The number of nitrogens with zero attached hydrogens (tertiary/aromatic N) is 1. The second kappa shape index (κ2) is 9.15. The molecule has 0 atom stereocenters. The minimum absolute atomic E-state index is 0.0668. The van der Waals surface area contributed by atoms with Crippen molar-refractivity contribution in [2.45, 2.75) is 27.7 Å². The third-order valence-electron chi connectivity index (χ3n) is 3.45. The molecule has 6 nitrogen and oxygen atoms in total. The van der Waals surface area contributed by atoms with Gasteiger partial charge < -0.3 is 19.7 Å². The zero-order chi connectivity index (χ0) is 18.3. The van der Waals surface area contributed by atoms with Crippen LogP contribution in [0.15, 0.2) is 6.07 Å². The maximum Gasteiger partial charge on any atom is 0.264 e. The van der Waals surface area contributed by atoms with Crippen LogP contribution in [0.1, 0.15) is 36.0 Å². The number of hydrogen-bond donors (Lipinski definition) is 1. The van der Waals surface area contributed by atoms with E-state index in [1.165, 1.54) is 11.3 Å². The average molecular weight is 356 g/mol. The van der Waals surface area contributed by atoms with E-state index in [2.05, 4.69) is 5.32 Å². The Morgan fingerprint density at radius 2 is 1.71 bits per heavy atom. The molecule has 0 aromatic carbocycles. The lowest BCUT2D eigenvalue weighted by Gasteiger charge is -2.21. The molecule has 1 aromatic rings. The molecule has 0 aliphatic carbocycles. The van der Waals surface area contributed by atoms with Gasteiger partial charge in [0.1, 0.15) is 0 Å². The average Bonchev–Trinajstić information content (AvgIpc) is 2.86. The van der Waals surface area contributed by atoms with E-state index in [0.717, 1.165) is 5.56 Å². The first-order valence-corrected chi connectivity index (χ1v) is 8.71. The zero-order valence-electron chi connectivity index (χ0n) is 15.4. The lowest BCUT2D eigenvalue weighted by atomic mass is 9.96. The molecule has 1 aromatic heterocycles. The minimum atomic E-state index is -0.481. The lowest BCUT2D eigenvalue weighted by molar-refractivity contribution is -0.123. The normalized spacial score (nSPS) is 11.4. The molecular weight excluding hydrogens is 328 g/mol. The van der Waals surface area contributed by atoms with Crippen LogP contribution in [0.25, 0.3) is 0 Å². The van der Waals surface area contributed by atoms with Crippen molar-refractivity contribution in [3.63, 3.8) is 0 Å². The number of nitrogens with one attached hydrogen (secondary N) is 1. The highest BCUT2D eigenvalue weighted by atomic mass is 32.1. The van der Waals surface area contributed by atoms with Gasteiger partial charge in [-0.15, -0.1) is 11.3 Å². The van der Waals surface area contributed by atoms with E-state index in [9.17, 15) is 9.59 Å². The topological polar surface area (TPSA) is 67.9 Å². The van der Waals surface area contributed by atoms with Crippen molar-refractivity contribution in [2.75, 3.05) is 45.8 Å². The van der Waals surface area contributed by atoms with Crippen LogP contribution in [0.2, 0.25) is 0 Å². The van der Waals surface area contributed by atoms with Gasteiger partial charge in [-0.1, -0.05) is 20.8 Å². The number of thiophene rings is 1. The van der Waals surface area contributed by atoms with Crippen LogP contribution < -0.4 is 5.32 Å². The van der Waals surface area contributed by atoms with Crippen LogP contribution in [0.5, 0.6) is 0 Å². The Labute approximate surface area is 148 Å². The molecule has 0 bridgehead atoms. The fraction of sp³-hybridized carbons (Fsp3) is 0.647. The molecule has 0 spiro atoms. The first-order valence-electron chi connectivity index (χ1n) is 7.89. The van der Waals surface area contributed by atoms with Crippen molar-refractivity contribution in [1.29, 1.82) is 0 Å². The van der Waals surface area contributed by atoms with Crippen LogP contribution in [0, 0.1) is 12.3 Å². The summed E-state index contributed by atoms with van der Waals surface area (Å²) in [5.74, 6) is -0.138. The smallest absolute Gasteiger partial charge is 0.264 e. The summed E-state index contributed by atoms with van der Waals surface area (Å²) in [5, 5.41) is 3.57. The number of anilines is 1. The molecule has 0 radical (unpaired) electrons. The van der Waals surface area contributed by atoms with Gasteiger partial charge in [-0.2, -0.15) is 0 Å². The standard InChI is InChI=1S/C17H28N2O4S/c1-12-11-13(18-16(21)17(2,3)4)24-14(12)15(20)19(7-9-22-5)8-10-23-6/h11H,7-10H2,1-6H3,(H,18,21). The Hall–Kier alpha value is -1.44. The maximum atomic E-state index is 12.8. The van der Waals surface area contributed by atoms with Gasteiger partial charge in [-0.3, -0.25) is 9.59 Å². The van der Waals surface area contributed by atoms with Gasteiger partial charge in [-0.25, -0.2) is 0 Å². The molecule has 1 N–H and O–H groups in total. The largest absolute Gasteiger partial charge is 0.383 e. The number of methoxy groups -OCH3 is 2. The minimum Gasteiger partial charge on any atom is -0.383 e. The molecule has 24 heavy (non-hydrogen) atoms. The molecule has 0 aliphatic rings. The Balaban J connectivity index is 2.90. The molecule has 0 fully saturated rings. The summed E-state index contributed by atoms with van der Waals surface area (Å²) >= 11 is 1.30. The number of aryl methyl sites for hydroxylation is 1. The molecule has 1 rings (SSSR count). The summed E-state index contributed by atoms with van der Waals surface area (Å²) in [6.45, 7) is 9.37. The van der Waals surface area contributed by atoms with E-state index in [1.54, 1.807) is 19.1 Å². The van der Waals surface area contributed by atoms with Gasteiger partial charge in [0.15, 0.2) is 0 Å². The summed E-state index contributed by atoms with van der Waals surface area (Å²) in [4.78, 5) is 27.2. The van der Waals surface area contributed by atoms with E-state index in [0.29, 0.717) is 36.2 Å². The Bertz CT molecular complexity index is 555. The number of hydrogen-bond acceptors (Lipinski definition) is 5. The van der Waals surface area contributed by atoms with Gasteiger partial charge in [0.05, 0.1) is 23.1 Å². The number of ether oxygens (including phenoxy) is 2. The molecule has 2 amide bonds. The van der Waals surface area contributed by atoms with Gasteiger partial charge in [0.25, 0.3) is 5.91 Å². The van der Waals surface area contributed by atoms with Gasteiger partial charge in [-0.05, 0) is 18.6 Å². The third-order valence-corrected chi connectivity index (χ3v) is 4.59. The Morgan fingerprint density at radius 1 is 1.17 bits per heavy atom. The maximum absolute atomic E-state index is 12.8. The molecular formula is C17H28N2O4S. The van der Waals surface area contributed by atoms with Gasteiger partial charge >= 0.3 is 0 Å². The van der Waals surface area contributed by atoms with E-state index in [1.807, 2.05) is 33.8 Å². The summed E-state index contributed by atoms with van der Waals surface area (Å²) < 4.78 is 10.2. The van der Waals surface area contributed by atoms with E-state index >= 15 is 0 Å².